The van der Waals surface area contributed by atoms with Gasteiger partial charge in [0.15, 0.2) is 0 Å². The molecule has 0 aliphatic carbocycles. The van der Waals surface area contributed by atoms with E-state index in [1.54, 1.807) is 6.20 Å². The van der Waals surface area contributed by atoms with E-state index >= 15 is 0 Å². The maximum Gasteiger partial charge on any atom is 0.241 e. The van der Waals surface area contributed by atoms with E-state index in [-0.39, 0.29) is 18.1 Å². The van der Waals surface area contributed by atoms with E-state index in [0.717, 1.165) is 31.7 Å². The van der Waals surface area contributed by atoms with Crippen molar-refractivity contribution in [2.75, 3.05) is 31.1 Å². The van der Waals surface area contributed by atoms with Gasteiger partial charge in [0.2, 0.25) is 5.91 Å². The monoisotopic (exact) mass is 340 g/mol. The number of aromatic nitrogens is 2. The molecule has 4 rings (SSSR count). The number of hydrogen-bond acceptors (Lipinski definition) is 4. The van der Waals surface area contributed by atoms with Crippen molar-refractivity contribution in [1.82, 2.24) is 14.7 Å². The number of nitrogens with zero attached hydrogens (tertiary/aromatic N) is 4. The van der Waals surface area contributed by atoms with E-state index in [9.17, 15) is 4.79 Å². The molecule has 2 aromatic rings. The van der Waals surface area contributed by atoms with Crippen molar-refractivity contribution in [3.05, 3.63) is 48.3 Å². The SMILES string of the molecule is C[C@H]1Cc2ccccc2N1C(=O)CN1CCO[C@@H](Cn2cccn2)C1. The molecule has 2 aliphatic rings. The fourth-order valence-electron chi connectivity index (χ4n) is 3.86. The normalized spacial score (nSPS) is 23.6. The first-order valence-electron chi connectivity index (χ1n) is 8.92. The van der Waals surface area contributed by atoms with Crippen LogP contribution in [0.1, 0.15) is 12.5 Å². The minimum absolute atomic E-state index is 0.0738. The minimum atomic E-state index is 0.0738. The molecule has 25 heavy (non-hydrogen) atoms. The molecule has 132 valence electrons. The molecular formula is C19H24N4O2. The fourth-order valence-corrected chi connectivity index (χ4v) is 3.86. The van der Waals surface area contributed by atoms with Crippen molar-refractivity contribution >= 4 is 11.6 Å². The van der Waals surface area contributed by atoms with Crippen molar-refractivity contribution in [3.8, 4) is 0 Å². The number of ether oxygens (including phenoxy) is 1. The number of amides is 1. The summed E-state index contributed by atoms with van der Waals surface area (Å²) in [5.41, 5.74) is 2.34. The Bertz CT molecular complexity index is 731. The highest BCUT2D eigenvalue weighted by atomic mass is 16.5. The van der Waals surface area contributed by atoms with Crippen LogP contribution in [-0.4, -0.2) is 59.0 Å². The van der Waals surface area contributed by atoms with Gasteiger partial charge in [-0.15, -0.1) is 0 Å². The Hall–Kier alpha value is -2.18. The van der Waals surface area contributed by atoms with E-state index in [0.29, 0.717) is 13.2 Å². The van der Waals surface area contributed by atoms with Crippen LogP contribution in [0.25, 0.3) is 0 Å². The molecule has 1 fully saturated rings. The zero-order valence-electron chi connectivity index (χ0n) is 14.5. The molecular weight excluding hydrogens is 316 g/mol. The van der Waals surface area contributed by atoms with Crippen LogP contribution in [0.2, 0.25) is 0 Å². The van der Waals surface area contributed by atoms with Gasteiger partial charge >= 0.3 is 0 Å². The highest BCUT2D eigenvalue weighted by Crippen LogP contribution is 2.31. The quantitative estimate of drug-likeness (QED) is 0.848. The van der Waals surface area contributed by atoms with Crippen molar-refractivity contribution < 1.29 is 9.53 Å². The van der Waals surface area contributed by atoms with Crippen LogP contribution in [0.3, 0.4) is 0 Å². The number of hydrogen-bond donors (Lipinski definition) is 0. The van der Waals surface area contributed by atoms with Gasteiger partial charge in [-0.1, -0.05) is 18.2 Å². The molecule has 1 saturated heterocycles. The van der Waals surface area contributed by atoms with Crippen molar-refractivity contribution in [1.29, 1.82) is 0 Å². The average Bonchev–Trinajstić information content (AvgIpc) is 3.21. The van der Waals surface area contributed by atoms with E-state index in [4.69, 9.17) is 4.74 Å². The maximum atomic E-state index is 12.9. The number of benzene rings is 1. The highest BCUT2D eigenvalue weighted by Gasteiger charge is 2.32. The molecule has 6 nitrogen and oxygen atoms in total. The van der Waals surface area contributed by atoms with Gasteiger partial charge in [0.05, 0.1) is 25.8 Å². The second-order valence-electron chi connectivity index (χ2n) is 6.90. The van der Waals surface area contributed by atoms with Crippen LogP contribution in [-0.2, 0) is 22.5 Å². The number of rotatable bonds is 4. The Labute approximate surface area is 148 Å². The lowest BCUT2D eigenvalue weighted by Gasteiger charge is -2.34. The van der Waals surface area contributed by atoms with Gasteiger partial charge in [-0.25, -0.2) is 0 Å². The Morgan fingerprint density at radius 1 is 1.32 bits per heavy atom. The molecule has 1 aromatic heterocycles. The third kappa shape index (κ3) is 3.45. The van der Waals surface area contributed by atoms with Gasteiger partial charge in [0.1, 0.15) is 0 Å². The number of carbonyl (C=O) groups is 1. The summed E-state index contributed by atoms with van der Waals surface area (Å²) in [6.45, 7) is 5.50. The number of carbonyl (C=O) groups excluding carboxylic acids is 1. The molecule has 0 bridgehead atoms. The Morgan fingerprint density at radius 2 is 2.20 bits per heavy atom. The number of para-hydroxylation sites is 1. The third-order valence-electron chi connectivity index (χ3n) is 5.01. The predicted octanol–water partition coefficient (Wildman–Crippen LogP) is 1.56. The van der Waals surface area contributed by atoms with E-state index < -0.39 is 0 Å². The summed E-state index contributed by atoms with van der Waals surface area (Å²) in [4.78, 5) is 17.1. The summed E-state index contributed by atoms with van der Waals surface area (Å²) in [5, 5.41) is 4.24. The lowest BCUT2D eigenvalue weighted by Crippen LogP contribution is -2.49. The molecule has 0 N–H and O–H groups in total. The predicted molar refractivity (Wildman–Crippen MR) is 95.5 cm³/mol. The highest BCUT2D eigenvalue weighted by molar-refractivity contribution is 5.97. The summed E-state index contributed by atoms with van der Waals surface area (Å²) >= 11 is 0. The summed E-state index contributed by atoms with van der Waals surface area (Å²) in [5.74, 6) is 0.178. The van der Waals surface area contributed by atoms with Gasteiger partial charge in [-0.2, -0.15) is 5.10 Å². The third-order valence-corrected chi connectivity index (χ3v) is 5.01. The van der Waals surface area contributed by atoms with Crippen LogP contribution in [0.5, 0.6) is 0 Å². The molecule has 0 radical (unpaired) electrons. The molecule has 3 heterocycles. The second-order valence-corrected chi connectivity index (χ2v) is 6.90. The van der Waals surface area contributed by atoms with Gasteiger partial charge in [0.25, 0.3) is 0 Å². The van der Waals surface area contributed by atoms with Crippen molar-refractivity contribution in [2.24, 2.45) is 0 Å². The maximum absolute atomic E-state index is 12.9. The molecule has 0 unspecified atom stereocenters. The largest absolute Gasteiger partial charge is 0.374 e. The topological polar surface area (TPSA) is 50.6 Å². The van der Waals surface area contributed by atoms with Crippen molar-refractivity contribution in [2.45, 2.75) is 32.0 Å². The Balaban J connectivity index is 1.39. The van der Waals surface area contributed by atoms with Crippen LogP contribution in [0, 0.1) is 0 Å². The molecule has 1 amide bonds. The Kier molecular flexibility index (Phi) is 4.55. The van der Waals surface area contributed by atoms with Gasteiger partial charge < -0.3 is 9.64 Å². The standard InChI is InChI=1S/C19H24N4O2/c1-15-11-16-5-2-3-6-18(16)23(15)19(24)14-21-9-10-25-17(12-21)13-22-8-4-7-20-22/h2-8,15,17H,9-14H2,1H3/t15-,17+/m0/s1. The molecule has 2 aliphatic heterocycles. The zero-order chi connectivity index (χ0) is 17.2. The summed E-state index contributed by atoms with van der Waals surface area (Å²) in [6, 6.07) is 10.4. The lowest BCUT2D eigenvalue weighted by molar-refractivity contribution is -0.122. The number of fused-ring (bicyclic) bond motifs is 1. The van der Waals surface area contributed by atoms with E-state index in [1.807, 2.05) is 34.0 Å². The molecule has 2 atom stereocenters. The first-order chi connectivity index (χ1) is 12.2. The first-order valence-corrected chi connectivity index (χ1v) is 8.92. The zero-order valence-corrected chi connectivity index (χ0v) is 14.5. The first kappa shape index (κ1) is 16.3. The summed E-state index contributed by atoms with van der Waals surface area (Å²) in [7, 11) is 0. The van der Waals surface area contributed by atoms with E-state index in [2.05, 4.69) is 29.1 Å². The average molecular weight is 340 g/mol. The lowest BCUT2D eigenvalue weighted by atomic mass is 10.1. The number of anilines is 1. The fraction of sp³-hybridized carbons (Fsp3) is 0.474. The summed E-state index contributed by atoms with van der Waals surface area (Å²) < 4.78 is 7.72. The summed E-state index contributed by atoms with van der Waals surface area (Å²) in [6.07, 6.45) is 4.73. The van der Waals surface area contributed by atoms with E-state index in [1.165, 1.54) is 5.56 Å². The van der Waals surface area contributed by atoms with Gasteiger partial charge in [-0.3, -0.25) is 14.4 Å². The smallest absolute Gasteiger partial charge is 0.241 e. The molecule has 6 heteroatoms. The molecule has 0 saturated carbocycles. The van der Waals surface area contributed by atoms with Crippen molar-refractivity contribution in [3.63, 3.8) is 0 Å². The Morgan fingerprint density at radius 3 is 3.04 bits per heavy atom. The van der Waals surface area contributed by atoms with Crippen LogP contribution in [0.15, 0.2) is 42.7 Å². The van der Waals surface area contributed by atoms with Gasteiger partial charge in [0, 0.05) is 37.2 Å². The second kappa shape index (κ2) is 6.98. The van der Waals surface area contributed by atoms with Crippen LogP contribution >= 0.6 is 0 Å². The molecule has 0 spiro atoms. The van der Waals surface area contributed by atoms with Crippen LogP contribution < -0.4 is 4.90 Å². The number of morpholine rings is 1. The van der Waals surface area contributed by atoms with Crippen LogP contribution in [0.4, 0.5) is 5.69 Å². The minimum Gasteiger partial charge on any atom is -0.374 e. The van der Waals surface area contributed by atoms with Gasteiger partial charge in [-0.05, 0) is 31.0 Å². The molecule has 1 aromatic carbocycles.